The van der Waals surface area contributed by atoms with Crippen molar-refractivity contribution in [1.82, 2.24) is 15.1 Å². The van der Waals surface area contributed by atoms with Crippen LogP contribution in [0.15, 0.2) is 59.0 Å². The number of carbonyl (C=O) groups is 2. The lowest BCUT2D eigenvalue weighted by atomic mass is 10.1. The highest BCUT2D eigenvalue weighted by atomic mass is 19.1. The molecule has 0 aliphatic carbocycles. The Labute approximate surface area is 177 Å². The molecule has 1 saturated heterocycles. The van der Waals surface area contributed by atoms with E-state index in [0.717, 1.165) is 5.56 Å². The van der Waals surface area contributed by atoms with Gasteiger partial charge in [-0.25, -0.2) is 9.18 Å². The van der Waals surface area contributed by atoms with Gasteiger partial charge >= 0.3 is 5.97 Å². The summed E-state index contributed by atoms with van der Waals surface area (Å²) in [5.41, 5.74) is 0.955. The van der Waals surface area contributed by atoms with Crippen molar-refractivity contribution in [3.05, 3.63) is 71.9 Å². The van der Waals surface area contributed by atoms with Crippen molar-refractivity contribution >= 4 is 11.9 Å². The highest BCUT2D eigenvalue weighted by Crippen LogP contribution is 2.22. The highest BCUT2D eigenvalue weighted by molar-refractivity contribution is 5.86. The van der Waals surface area contributed by atoms with Crippen molar-refractivity contribution in [2.45, 2.75) is 31.6 Å². The van der Waals surface area contributed by atoms with E-state index in [4.69, 9.17) is 9.15 Å². The molecule has 0 saturated carbocycles. The van der Waals surface area contributed by atoms with Gasteiger partial charge in [0.1, 0.15) is 11.9 Å². The van der Waals surface area contributed by atoms with Gasteiger partial charge in [0.15, 0.2) is 6.61 Å². The van der Waals surface area contributed by atoms with Crippen LogP contribution in [-0.4, -0.2) is 50.8 Å². The number of amides is 1. The predicted molar refractivity (Wildman–Crippen MR) is 106 cm³/mol. The smallest absolute Gasteiger partial charge is 0.329 e. The zero-order valence-electron chi connectivity index (χ0n) is 16.5. The van der Waals surface area contributed by atoms with Gasteiger partial charge in [-0.15, -0.1) is 10.2 Å². The first-order chi connectivity index (χ1) is 15.0. The molecule has 1 N–H and O–H groups in total. The van der Waals surface area contributed by atoms with E-state index in [1.54, 1.807) is 6.07 Å². The second-order valence-electron chi connectivity index (χ2n) is 7.19. The molecule has 160 valence electrons. The zero-order valence-corrected chi connectivity index (χ0v) is 16.5. The third-order valence-corrected chi connectivity index (χ3v) is 5.00. The third-order valence-electron chi connectivity index (χ3n) is 5.00. The van der Waals surface area contributed by atoms with E-state index in [9.17, 15) is 19.1 Å². The summed E-state index contributed by atoms with van der Waals surface area (Å²) in [6.07, 6.45) is -1.04. The Bertz CT molecular complexity index is 1070. The van der Waals surface area contributed by atoms with E-state index in [1.165, 1.54) is 23.1 Å². The lowest BCUT2D eigenvalue weighted by molar-refractivity contribution is -0.155. The Balaban J connectivity index is 1.38. The molecule has 2 aromatic carbocycles. The Kier molecular flexibility index (Phi) is 6.03. The van der Waals surface area contributed by atoms with E-state index in [0.29, 0.717) is 5.89 Å². The topological polar surface area (TPSA) is 106 Å². The third kappa shape index (κ3) is 4.77. The number of carbonyl (C=O) groups excluding carboxylic acids is 2. The maximum atomic E-state index is 13.9. The molecular formula is C22H20FN3O5. The fraction of sp³-hybridized carbons (Fsp3) is 0.273. The first-order valence-corrected chi connectivity index (χ1v) is 9.76. The second-order valence-corrected chi connectivity index (χ2v) is 7.19. The van der Waals surface area contributed by atoms with Crippen molar-refractivity contribution in [2.24, 2.45) is 0 Å². The number of benzene rings is 2. The summed E-state index contributed by atoms with van der Waals surface area (Å²) < 4.78 is 24.6. The first-order valence-electron chi connectivity index (χ1n) is 9.76. The van der Waals surface area contributed by atoms with Gasteiger partial charge in [-0.2, -0.15) is 0 Å². The number of hydrogen-bond donors (Lipinski definition) is 1. The Morgan fingerprint density at radius 2 is 1.87 bits per heavy atom. The molecule has 4 rings (SSSR count). The molecule has 8 nitrogen and oxygen atoms in total. The fourth-order valence-electron chi connectivity index (χ4n) is 3.46. The number of likely N-dealkylation sites (tertiary alicyclic amines) is 1. The average molecular weight is 425 g/mol. The SMILES string of the molecule is O=C(OCc1nnc(-c2ccccc2)o1)C1CC(O)CN1C(=O)Cc1ccccc1F. The van der Waals surface area contributed by atoms with Gasteiger partial charge in [-0.3, -0.25) is 4.79 Å². The Morgan fingerprint density at radius 3 is 2.65 bits per heavy atom. The first kappa shape index (κ1) is 20.7. The van der Waals surface area contributed by atoms with Crippen LogP contribution in [0, 0.1) is 5.82 Å². The largest absolute Gasteiger partial charge is 0.454 e. The van der Waals surface area contributed by atoms with Gasteiger partial charge in [0.2, 0.25) is 11.8 Å². The van der Waals surface area contributed by atoms with E-state index in [2.05, 4.69) is 10.2 Å². The molecule has 31 heavy (non-hydrogen) atoms. The van der Waals surface area contributed by atoms with Crippen molar-refractivity contribution in [3.8, 4) is 11.5 Å². The van der Waals surface area contributed by atoms with Gasteiger partial charge in [-0.05, 0) is 23.8 Å². The molecule has 2 heterocycles. The van der Waals surface area contributed by atoms with Crippen molar-refractivity contribution < 1.29 is 28.2 Å². The van der Waals surface area contributed by atoms with Crippen LogP contribution in [0.1, 0.15) is 17.9 Å². The minimum Gasteiger partial charge on any atom is -0.454 e. The van der Waals surface area contributed by atoms with Gasteiger partial charge < -0.3 is 19.2 Å². The molecule has 2 atom stereocenters. The van der Waals surface area contributed by atoms with Gasteiger partial charge in [0.25, 0.3) is 5.89 Å². The van der Waals surface area contributed by atoms with E-state index in [1.807, 2.05) is 30.3 Å². The minimum atomic E-state index is -0.967. The molecule has 2 unspecified atom stereocenters. The normalized spacial score (nSPS) is 18.2. The Morgan fingerprint density at radius 1 is 1.13 bits per heavy atom. The van der Waals surface area contributed by atoms with Crippen LogP contribution in [0.4, 0.5) is 4.39 Å². The monoisotopic (exact) mass is 425 g/mol. The lowest BCUT2D eigenvalue weighted by Gasteiger charge is -2.23. The Hall–Kier alpha value is -3.59. The molecule has 3 aromatic rings. The van der Waals surface area contributed by atoms with Gasteiger partial charge in [0.05, 0.1) is 12.5 Å². The van der Waals surface area contributed by atoms with E-state index >= 15 is 0 Å². The summed E-state index contributed by atoms with van der Waals surface area (Å²) in [5, 5.41) is 17.8. The minimum absolute atomic E-state index is 0.0221. The van der Waals surface area contributed by atoms with Crippen molar-refractivity contribution in [2.75, 3.05) is 6.54 Å². The van der Waals surface area contributed by atoms with Crippen LogP contribution in [0.25, 0.3) is 11.5 Å². The number of β-amino-alcohol motifs (C(OH)–C–C–N with tert-alkyl or cyclic N) is 1. The molecule has 1 aromatic heterocycles. The van der Waals surface area contributed by atoms with Crippen LogP contribution in [-0.2, 0) is 27.4 Å². The summed E-state index contributed by atoms with van der Waals surface area (Å²) in [4.78, 5) is 26.5. The fourth-order valence-corrected chi connectivity index (χ4v) is 3.46. The van der Waals surface area contributed by atoms with Crippen LogP contribution in [0.5, 0.6) is 0 Å². The number of hydrogen-bond acceptors (Lipinski definition) is 7. The van der Waals surface area contributed by atoms with E-state index < -0.39 is 29.8 Å². The predicted octanol–water partition coefficient (Wildman–Crippen LogP) is 2.12. The number of rotatable bonds is 6. The van der Waals surface area contributed by atoms with Crippen LogP contribution >= 0.6 is 0 Å². The zero-order chi connectivity index (χ0) is 21.8. The van der Waals surface area contributed by atoms with Crippen LogP contribution < -0.4 is 0 Å². The number of aliphatic hydroxyl groups is 1. The molecule has 1 fully saturated rings. The summed E-state index contributed by atoms with van der Waals surface area (Å²) in [7, 11) is 0. The molecule has 1 amide bonds. The molecular weight excluding hydrogens is 405 g/mol. The number of halogens is 1. The average Bonchev–Trinajstić information content (AvgIpc) is 3.41. The van der Waals surface area contributed by atoms with E-state index in [-0.39, 0.29) is 37.4 Å². The highest BCUT2D eigenvalue weighted by Gasteiger charge is 2.40. The quantitative estimate of drug-likeness (QED) is 0.603. The summed E-state index contributed by atoms with van der Waals surface area (Å²) in [6.45, 7) is -0.285. The molecule has 0 bridgehead atoms. The standard InChI is InChI=1S/C22H20FN3O5/c23-17-9-5-4-8-15(17)10-20(28)26-12-16(27)11-18(26)22(29)30-13-19-24-25-21(31-19)14-6-2-1-3-7-14/h1-9,16,18,27H,10-13H2. The summed E-state index contributed by atoms with van der Waals surface area (Å²) in [6, 6.07) is 14.1. The van der Waals surface area contributed by atoms with Crippen molar-refractivity contribution in [3.63, 3.8) is 0 Å². The molecule has 9 heteroatoms. The number of nitrogens with zero attached hydrogens (tertiary/aromatic N) is 3. The lowest BCUT2D eigenvalue weighted by Crippen LogP contribution is -2.42. The van der Waals surface area contributed by atoms with Crippen LogP contribution in [0.2, 0.25) is 0 Å². The van der Waals surface area contributed by atoms with Crippen molar-refractivity contribution in [1.29, 1.82) is 0 Å². The number of aliphatic hydroxyl groups excluding tert-OH is 1. The molecule has 1 aliphatic rings. The summed E-state index contributed by atoms with van der Waals surface area (Å²) >= 11 is 0. The second kappa shape index (κ2) is 9.05. The summed E-state index contributed by atoms with van der Waals surface area (Å²) in [5.74, 6) is -1.26. The maximum Gasteiger partial charge on any atom is 0.329 e. The molecule has 0 spiro atoms. The number of aromatic nitrogens is 2. The maximum absolute atomic E-state index is 13.9. The van der Waals surface area contributed by atoms with Gasteiger partial charge in [-0.1, -0.05) is 36.4 Å². The molecule has 1 aliphatic heterocycles. The number of ether oxygens (including phenoxy) is 1. The number of esters is 1. The van der Waals surface area contributed by atoms with Gasteiger partial charge in [0, 0.05) is 18.5 Å². The molecule has 0 radical (unpaired) electrons. The van der Waals surface area contributed by atoms with Crippen LogP contribution in [0.3, 0.4) is 0 Å².